The summed E-state index contributed by atoms with van der Waals surface area (Å²) < 4.78 is 5.76. The van der Waals surface area contributed by atoms with Crippen molar-refractivity contribution in [2.45, 2.75) is 62.5 Å². The number of piperidine rings is 1. The zero-order valence-electron chi connectivity index (χ0n) is 15.1. The molecule has 1 heterocycles. The first kappa shape index (κ1) is 16.0. The molecule has 4 heteroatoms. The molecule has 2 unspecified atom stereocenters. The number of hydrogen-bond acceptors (Lipinski definition) is 4. The third kappa shape index (κ3) is 2.33. The zero-order chi connectivity index (χ0) is 17.2. The molecule has 4 aliphatic rings. The minimum Gasteiger partial charge on any atom is -0.504 e. The average molecular weight is 343 g/mol. The van der Waals surface area contributed by atoms with Crippen LogP contribution in [0.1, 0.15) is 49.7 Å². The highest BCUT2D eigenvalue weighted by Gasteiger charge is 2.57. The number of benzene rings is 1. The number of hydrogen-bond donors (Lipinski definition) is 2. The minimum atomic E-state index is -0.0277. The topological polar surface area (TPSA) is 52.9 Å². The van der Waals surface area contributed by atoms with Gasteiger partial charge in [-0.2, -0.15) is 0 Å². The molecule has 25 heavy (non-hydrogen) atoms. The molecule has 1 aromatic rings. The lowest BCUT2D eigenvalue weighted by Crippen LogP contribution is -2.62. The first-order valence-corrected chi connectivity index (χ1v) is 9.93. The smallest absolute Gasteiger partial charge is 0.161 e. The van der Waals surface area contributed by atoms with Gasteiger partial charge in [-0.25, -0.2) is 0 Å². The molecule has 2 N–H and O–H groups in total. The van der Waals surface area contributed by atoms with Crippen molar-refractivity contribution >= 4 is 0 Å². The van der Waals surface area contributed by atoms with E-state index in [0.717, 1.165) is 43.7 Å². The molecule has 1 aromatic carbocycles. The molecular formula is C21H29NO3. The largest absolute Gasteiger partial charge is 0.504 e. The number of methoxy groups -OCH3 is 1. The molecular weight excluding hydrogens is 314 g/mol. The van der Waals surface area contributed by atoms with Crippen LogP contribution < -0.4 is 0 Å². The molecule has 0 spiro atoms. The summed E-state index contributed by atoms with van der Waals surface area (Å²) in [7, 11) is 1.81. The first-order valence-electron chi connectivity index (χ1n) is 9.93. The van der Waals surface area contributed by atoms with Crippen LogP contribution in [0, 0.1) is 11.8 Å². The van der Waals surface area contributed by atoms with E-state index in [4.69, 9.17) is 4.74 Å². The summed E-state index contributed by atoms with van der Waals surface area (Å²) in [6.45, 7) is 2.37. The Bertz CT molecular complexity index is 686. The summed E-state index contributed by atoms with van der Waals surface area (Å²) in [5.74, 6) is 1.66. The quantitative estimate of drug-likeness (QED) is 0.828. The van der Waals surface area contributed by atoms with Crippen molar-refractivity contribution in [3.63, 3.8) is 0 Å². The van der Waals surface area contributed by atoms with E-state index < -0.39 is 0 Å². The number of fused-ring (bicyclic) bond motifs is 1. The second kappa shape index (κ2) is 5.62. The van der Waals surface area contributed by atoms with Gasteiger partial charge in [0.25, 0.3) is 0 Å². The van der Waals surface area contributed by atoms with Crippen molar-refractivity contribution in [3.05, 3.63) is 23.3 Å². The zero-order valence-corrected chi connectivity index (χ0v) is 15.1. The lowest BCUT2D eigenvalue weighted by molar-refractivity contribution is -0.0613. The second-order valence-electron chi connectivity index (χ2n) is 8.83. The van der Waals surface area contributed by atoms with Gasteiger partial charge in [0.2, 0.25) is 0 Å². The number of nitrogens with zero attached hydrogens (tertiary/aromatic N) is 1. The van der Waals surface area contributed by atoms with Gasteiger partial charge in [-0.05, 0) is 75.0 Å². The molecule has 136 valence electrons. The maximum Gasteiger partial charge on any atom is 0.161 e. The Kier molecular flexibility index (Phi) is 3.58. The van der Waals surface area contributed by atoms with Gasteiger partial charge in [0.05, 0.1) is 6.10 Å². The van der Waals surface area contributed by atoms with Crippen LogP contribution >= 0.6 is 0 Å². The molecule has 2 bridgehead atoms. The fourth-order valence-electron chi connectivity index (χ4n) is 6.23. The molecule has 4 nitrogen and oxygen atoms in total. The lowest BCUT2D eigenvalue weighted by Gasteiger charge is -2.60. The van der Waals surface area contributed by atoms with Gasteiger partial charge in [0.15, 0.2) is 11.5 Å². The number of likely N-dealkylation sites (tertiary alicyclic amines) is 1. The molecule has 0 amide bonds. The SMILES string of the molecule is CO[C@@H]1CCC2C3Cc4ccc(O)c(O)c4[C@@]2(CCN3CC2CC2)C1. The maximum atomic E-state index is 10.8. The molecule has 5 rings (SSSR count). The minimum absolute atomic E-state index is 0.0277. The molecule has 0 aromatic heterocycles. The average Bonchev–Trinajstić information content (AvgIpc) is 3.43. The van der Waals surface area contributed by atoms with E-state index in [0.29, 0.717) is 12.0 Å². The molecule has 1 aliphatic heterocycles. The van der Waals surface area contributed by atoms with Crippen molar-refractivity contribution in [2.75, 3.05) is 20.2 Å². The molecule has 0 radical (unpaired) electrons. The molecule has 3 fully saturated rings. The van der Waals surface area contributed by atoms with Gasteiger partial charge in [-0.1, -0.05) is 6.07 Å². The van der Waals surface area contributed by atoms with Crippen LogP contribution in [0.5, 0.6) is 11.5 Å². The number of phenols is 2. The van der Waals surface area contributed by atoms with Crippen LogP contribution in [0.2, 0.25) is 0 Å². The van der Waals surface area contributed by atoms with E-state index in [1.807, 2.05) is 13.2 Å². The highest BCUT2D eigenvalue weighted by molar-refractivity contribution is 5.56. The molecule has 4 atom stereocenters. The Labute approximate surface area is 149 Å². The summed E-state index contributed by atoms with van der Waals surface area (Å²) in [4.78, 5) is 2.75. The number of ether oxygens (including phenoxy) is 1. The number of phenolic OH excluding ortho intramolecular Hbond substituents is 2. The summed E-state index contributed by atoms with van der Waals surface area (Å²) in [5, 5.41) is 20.9. The van der Waals surface area contributed by atoms with Gasteiger partial charge in [-0.15, -0.1) is 0 Å². The summed E-state index contributed by atoms with van der Waals surface area (Å²) in [5.41, 5.74) is 2.26. The highest BCUT2D eigenvalue weighted by atomic mass is 16.5. The third-order valence-electron chi connectivity index (χ3n) is 7.57. The predicted molar refractivity (Wildman–Crippen MR) is 96.0 cm³/mol. The standard InChI is InChI=1S/C21H29NO3/c1-25-15-5-6-16-17-10-14-4-7-18(23)20(24)19(14)21(16,11-15)8-9-22(17)12-13-2-3-13/h4,7,13,15-17,23-24H,2-3,5-6,8-12H2,1H3/t15-,16?,17?,21+/m1/s1. The number of rotatable bonds is 3. The van der Waals surface area contributed by atoms with Crippen molar-refractivity contribution in [1.29, 1.82) is 0 Å². The monoisotopic (exact) mass is 343 g/mol. The van der Waals surface area contributed by atoms with Gasteiger partial charge in [0.1, 0.15) is 0 Å². The third-order valence-corrected chi connectivity index (χ3v) is 7.57. The second-order valence-corrected chi connectivity index (χ2v) is 8.83. The van der Waals surface area contributed by atoms with Crippen LogP contribution in [0.25, 0.3) is 0 Å². The highest BCUT2D eigenvalue weighted by Crippen LogP contribution is 2.59. The Balaban J connectivity index is 1.61. The van der Waals surface area contributed by atoms with E-state index >= 15 is 0 Å². The Morgan fingerprint density at radius 3 is 2.80 bits per heavy atom. The lowest BCUT2D eigenvalue weighted by atomic mass is 9.51. The van der Waals surface area contributed by atoms with Crippen molar-refractivity contribution < 1.29 is 14.9 Å². The fraction of sp³-hybridized carbons (Fsp3) is 0.714. The summed E-state index contributed by atoms with van der Waals surface area (Å²) >= 11 is 0. The normalized spacial score (nSPS) is 37.4. The van der Waals surface area contributed by atoms with Crippen molar-refractivity contribution in [3.8, 4) is 11.5 Å². The van der Waals surface area contributed by atoms with E-state index in [1.165, 1.54) is 31.4 Å². The van der Waals surface area contributed by atoms with Crippen LogP contribution in [0.15, 0.2) is 12.1 Å². The molecule has 3 aliphatic carbocycles. The van der Waals surface area contributed by atoms with E-state index in [9.17, 15) is 10.2 Å². The summed E-state index contributed by atoms with van der Waals surface area (Å²) in [6.07, 6.45) is 8.41. The predicted octanol–water partition coefficient (Wildman–Crippen LogP) is 3.19. The van der Waals surface area contributed by atoms with Crippen molar-refractivity contribution in [2.24, 2.45) is 11.8 Å². The van der Waals surface area contributed by atoms with E-state index in [2.05, 4.69) is 4.90 Å². The summed E-state index contributed by atoms with van der Waals surface area (Å²) in [6, 6.07) is 4.30. The Morgan fingerprint density at radius 1 is 1.20 bits per heavy atom. The van der Waals surface area contributed by atoms with Crippen LogP contribution in [-0.2, 0) is 16.6 Å². The van der Waals surface area contributed by atoms with Gasteiger partial charge >= 0.3 is 0 Å². The Morgan fingerprint density at radius 2 is 2.04 bits per heavy atom. The first-order chi connectivity index (χ1) is 12.1. The Hall–Kier alpha value is -1.26. The fourth-order valence-corrected chi connectivity index (χ4v) is 6.23. The molecule has 2 saturated carbocycles. The van der Waals surface area contributed by atoms with Crippen LogP contribution in [-0.4, -0.2) is 47.5 Å². The van der Waals surface area contributed by atoms with Gasteiger partial charge in [0, 0.05) is 30.7 Å². The van der Waals surface area contributed by atoms with Crippen molar-refractivity contribution in [1.82, 2.24) is 4.90 Å². The van der Waals surface area contributed by atoms with Gasteiger partial charge < -0.3 is 14.9 Å². The van der Waals surface area contributed by atoms with Gasteiger partial charge in [-0.3, -0.25) is 4.90 Å². The van der Waals surface area contributed by atoms with E-state index in [-0.39, 0.29) is 23.0 Å². The van der Waals surface area contributed by atoms with Crippen LogP contribution in [0.4, 0.5) is 0 Å². The van der Waals surface area contributed by atoms with E-state index in [1.54, 1.807) is 6.07 Å². The van der Waals surface area contributed by atoms with Crippen LogP contribution in [0.3, 0.4) is 0 Å². The maximum absolute atomic E-state index is 10.8. The molecule has 1 saturated heterocycles. The number of aromatic hydroxyl groups is 2.